The Balaban J connectivity index is 2.06. The first kappa shape index (κ1) is 12.4. The highest BCUT2D eigenvalue weighted by atomic mass is 32.2. The van der Waals surface area contributed by atoms with Crippen LogP contribution < -0.4 is 0 Å². The van der Waals surface area contributed by atoms with E-state index in [2.05, 4.69) is 6.07 Å². The monoisotopic (exact) mass is 250 g/mol. The average molecular weight is 250 g/mol. The predicted octanol–water partition coefficient (Wildman–Crippen LogP) is 0.994. The molecule has 1 aromatic rings. The topological polar surface area (TPSA) is 67.5 Å². The molecular formula is C12H14N2O2S. The van der Waals surface area contributed by atoms with Crippen molar-refractivity contribution in [2.45, 2.75) is 16.9 Å². The summed E-state index contributed by atoms with van der Waals surface area (Å²) in [6.07, 6.45) is 0.561. The second kappa shape index (κ2) is 5.07. The second-order valence-electron chi connectivity index (χ2n) is 4.20. The van der Waals surface area contributed by atoms with Crippen molar-refractivity contribution >= 4 is 11.9 Å². The van der Waals surface area contributed by atoms with Gasteiger partial charge in [0.15, 0.2) is 0 Å². The van der Waals surface area contributed by atoms with Gasteiger partial charge < -0.3 is 10.2 Å². The first-order valence-electron chi connectivity index (χ1n) is 5.42. The van der Waals surface area contributed by atoms with Crippen LogP contribution in [0.3, 0.4) is 0 Å². The third-order valence-corrected chi connectivity index (χ3v) is 3.95. The number of aliphatic hydroxyl groups excluding tert-OH is 1. The molecule has 0 spiro atoms. The van der Waals surface area contributed by atoms with Gasteiger partial charge in [0.25, 0.3) is 0 Å². The zero-order chi connectivity index (χ0) is 12.3. The molecule has 1 aromatic carbocycles. The van der Waals surface area contributed by atoms with Gasteiger partial charge in [-0.2, -0.15) is 5.26 Å². The zero-order valence-corrected chi connectivity index (χ0v) is 10.2. The normalized spacial score (nSPS) is 24.8. The number of hydrogen-bond donors (Lipinski definition) is 2. The Bertz CT molecular complexity index is 446. The van der Waals surface area contributed by atoms with Gasteiger partial charge >= 0.3 is 0 Å². The van der Waals surface area contributed by atoms with Gasteiger partial charge in [-0.25, -0.2) is 4.31 Å². The summed E-state index contributed by atoms with van der Waals surface area (Å²) in [6, 6.07) is 9.52. The zero-order valence-electron chi connectivity index (χ0n) is 9.33. The molecule has 0 amide bonds. The molecule has 5 heteroatoms. The summed E-state index contributed by atoms with van der Waals surface area (Å²) in [5.74, 6) is 0. The van der Waals surface area contributed by atoms with Crippen LogP contribution in [0.15, 0.2) is 29.2 Å². The highest BCUT2D eigenvalue weighted by molar-refractivity contribution is 7.97. The van der Waals surface area contributed by atoms with Crippen molar-refractivity contribution in [3.8, 4) is 6.07 Å². The fourth-order valence-corrected chi connectivity index (χ4v) is 2.92. The molecule has 1 saturated heterocycles. The van der Waals surface area contributed by atoms with Crippen LogP contribution in [0.1, 0.15) is 12.0 Å². The molecule has 2 rings (SSSR count). The summed E-state index contributed by atoms with van der Waals surface area (Å²) < 4.78 is 1.98. The second-order valence-corrected chi connectivity index (χ2v) is 5.33. The number of rotatable bonds is 3. The van der Waals surface area contributed by atoms with Crippen molar-refractivity contribution in [2.24, 2.45) is 0 Å². The summed E-state index contributed by atoms with van der Waals surface area (Å²) in [7, 11) is 0. The summed E-state index contributed by atoms with van der Waals surface area (Å²) in [4.78, 5) is 0.886. The molecule has 17 heavy (non-hydrogen) atoms. The fraction of sp³-hybridized carbons (Fsp3) is 0.417. The molecule has 1 aliphatic heterocycles. The van der Waals surface area contributed by atoms with E-state index in [9.17, 15) is 5.11 Å². The Kier molecular flexibility index (Phi) is 3.69. The van der Waals surface area contributed by atoms with Crippen LogP contribution >= 0.6 is 11.9 Å². The van der Waals surface area contributed by atoms with E-state index < -0.39 is 5.60 Å². The molecule has 2 N–H and O–H groups in total. The molecule has 0 saturated carbocycles. The van der Waals surface area contributed by atoms with E-state index in [0.29, 0.717) is 25.1 Å². The number of nitriles is 1. The van der Waals surface area contributed by atoms with Gasteiger partial charge in [0, 0.05) is 18.0 Å². The molecule has 1 unspecified atom stereocenters. The first-order chi connectivity index (χ1) is 8.17. The van der Waals surface area contributed by atoms with Gasteiger partial charge in [-0.15, -0.1) is 0 Å². The predicted molar refractivity (Wildman–Crippen MR) is 65.2 cm³/mol. The highest BCUT2D eigenvalue weighted by Gasteiger charge is 2.36. The SMILES string of the molecule is N#Cc1ccccc1SN1CCC(O)(CO)C1. The van der Waals surface area contributed by atoms with Crippen molar-refractivity contribution in [1.29, 1.82) is 5.26 Å². The first-order valence-corrected chi connectivity index (χ1v) is 6.19. The van der Waals surface area contributed by atoms with Crippen molar-refractivity contribution in [2.75, 3.05) is 19.7 Å². The third-order valence-electron chi connectivity index (χ3n) is 2.83. The molecule has 90 valence electrons. The van der Waals surface area contributed by atoms with Crippen LogP contribution in [0.2, 0.25) is 0 Å². The minimum atomic E-state index is -0.991. The maximum absolute atomic E-state index is 9.90. The Morgan fingerprint density at radius 2 is 2.24 bits per heavy atom. The smallest absolute Gasteiger partial charge is 0.102 e. The van der Waals surface area contributed by atoms with Gasteiger partial charge in [-0.05, 0) is 30.5 Å². The molecule has 1 atom stereocenters. The van der Waals surface area contributed by atoms with Crippen LogP contribution in [-0.2, 0) is 0 Å². The molecule has 0 bridgehead atoms. The maximum atomic E-state index is 9.90. The Hall–Kier alpha value is -1.06. The van der Waals surface area contributed by atoms with E-state index in [1.54, 1.807) is 6.07 Å². The van der Waals surface area contributed by atoms with Crippen molar-refractivity contribution in [1.82, 2.24) is 4.31 Å². The number of nitrogens with zero attached hydrogens (tertiary/aromatic N) is 2. The van der Waals surface area contributed by atoms with E-state index >= 15 is 0 Å². The van der Waals surface area contributed by atoms with Gasteiger partial charge in [0.05, 0.1) is 12.2 Å². The van der Waals surface area contributed by atoms with Crippen LogP contribution in [0.25, 0.3) is 0 Å². The molecule has 0 radical (unpaired) electrons. The Morgan fingerprint density at radius 1 is 1.47 bits per heavy atom. The van der Waals surface area contributed by atoms with Crippen LogP contribution in [0, 0.1) is 11.3 Å². The lowest BCUT2D eigenvalue weighted by Crippen LogP contribution is -2.35. The van der Waals surface area contributed by atoms with Crippen LogP contribution in [0.4, 0.5) is 0 Å². The lowest BCUT2D eigenvalue weighted by atomic mass is 10.1. The summed E-state index contributed by atoms with van der Waals surface area (Å²) in [5.41, 5.74) is -0.355. The largest absolute Gasteiger partial charge is 0.393 e. The van der Waals surface area contributed by atoms with Gasteiger partial charge in [0.1, 0.15) is 11.7 Å². The molecule has 0 aromatic heterocycles. The number of β-amino-alcohol motifs (C(OH)–C–C–N with tert-alkyl or cyclic N) is 1. The van der Waals surface area contributed by atoms with Gasteiger partial charge in [0.2, 0.25) is 0 Å². The summed E-state index contributed by atoms with van der Waals surface area (Å²) in [6.45, 7) is 0.916. The lowest BCUT2D eigenvalue weighted by Gasteiger charge is -2.20. The highest BCUT2D eigenvalue weighted by Crippen LogP contribution is 2.32. The molecule has 1 aliphatic rings. The molecule has 4 nitrogen and oxygen atoms in total. The summed E-state index contributed by atoms with van der Waals surface area (Å²) >= 11 is 1.46. The van der Waals surface area contributed by atoms with E-state index in [1.807, 2.05) is 22.5 Å². The van der Waals surface area contributed by atoms with E-state index in [-0.39, 0.29) is 6.61 Å². The Morgan fingerprint density at radius 3 is 2.88 bits per heavy atom. The van der Waals surface area contributed by atoms with Gasteiger partial charge in [-0.3, -0.25) is 0 Å². The molecule has 0 aliphatic carbocycles. The van der Waals surface area contributed by atoms with Gasteiger partial charge in [-0.1, -0.05) is 12.1 Å². The Labute approximate surface area is 105 Å². The quantitative estimate of drug-likeness (QED) is 0.783. The minimum absolute atomic E-state index is 0.218. The van der Waals surface area contributed by atoms with E-state index in [4.69, 9.17) is 10.4 Å². The lowest BCUT2D eigenvalue weighted by molar-refractivity contribution is -0.000268. The third kappa shape index (κ3) is 2.79. The maximum Gasteiger partial charge on any atom is 0.102 e. The average Bonchev–Trinajstić information content (AvgIpc) is 2.73. The van der Waals surface area contributed by atoms with E-state index in [1.165, 1.54) is 11.9 Å². The van der Waals surface area contributed by atoms with Crippen molar-refractivity contribution < 1.29 is 10.2 Å². The number of hydrogen-bond acceptors (Lipinski definition) is 5. The van der Waals surface area contributed by atoms with Crippen LogP contribution in [0.5, 0.6) is 0 Å². The number of aliphatic hydroxyl groups is 2. The van der Waals surface area contributed by atoms with Crippen LogP contribution in [-0.4, -0.2) is 39.8 Å². The molecule has 1 fully saturated rings. The molecule has 1 heterocycles. The van der Waals surface area contributed by atoms with Crippen molar-refractivity contribution in [3.05, 3.63) is 29.8 Å². The van der Waals surface area contributed by atoms with Crippen molar-refractivity contribution in [3.63, 3.8) is 0 Å². The fourth-order valence-electron chi connectivity index (χ4n) is 1.80. The van der Waals surface area contributed by atoms with E-state index in [0.717, 1.165) is 4.90 Å². The molecular weight excluding hydrogens is 236 g/mol. The standard InChI is InChI=1S/C12H14N2O2S/c13-7-10-3-1-2-4-11(10)17-14-6-5-12(16,8-14)9-15/h1-4,15-16H,5-6,8-9H2. The minimum Gasteiger partial charge on any atom is -0.393 e. The summed E-state index contributed by atoms with van der Waals surface area (Å²) in [5, 5.41) is 27.9. The number of benzene rings is 1.